The summed E-state index contributed by atoms with van der Waals surface area (Å²) in [4.78, 5) is 34.4. The number of fused-ring (bicyclic) bond motifs is 2. The quantitative estimate of drug-likeness (QED) is 0.120. The monoisotopic (exact) mass is 687 g/mol. The Morgan fingerprint density at radius 1 is 0.765 bits per heavy atom. The van der Waals surface area contributed by atoms with Gasteiger partial charge in [-0.1, -0.05) is 0 Å². The number of aldehydes is 1. The first-order chi connectivity index (χ1) is 24.9. The fraction of sp³-hybridized carbons (Fsp3) is 0.0789. The number of H-pyrrole nitrogens is 2. The number of aromatic nitrogens is 7. The van der Waals surface area contributed by atoms with Gasteiger partial charge in [0.05, 0.1) is 45.6 Å². The Balaban J connectivity index is 0.000000160. The van der Waals surface area contributed by atoms with Crippen LogP contribution in [0.1, 0.15) is 32.9 Å². The zero-order chi connectivity index (χ0) is 35.5. The molecule has 0 atom stereocenters. The highest BCUT2D eigenvalue weighted by molar-refractivity contribution is 7.07. The molecule has 0 amide bonds. The molecule has 0 bridgehead atoms. The predicted molar refractivity (Wildman–Crippen MR) is 199 cm³/mol. The maximum absolute atomic E-state index is 11.1. The normalized spacial score (nSPS) is 10.7. The van der Waals surface area contributed by atoms with Crippen molar-refractivity contribution >= 4 is 62.2 Å². The van der Waals surface area contributed by atoms with Crippen molar-refractivity contribution in [2.24, 2.45) is 7.05 Å². The van der Waals surface area contributed by atoms with E-state index in [2.05, 4.69) is 65.7 Å². The highest BCUT2D eigenvalue weighted by Crippen LogP contribution is 2.36. The SMILES string of the molecule is Cc1c(Nc2c(C#N)cncc2-c2cnc(C=O)n2C)ccc2[nH]ccc12.Cc1c(Nc2c(C#N)cncc2-c2cscn2)ccc2[nH]ccc12. The van der Waals surface area contributed by atoms with Crippen LogP contribution in [0.25, 0.3) is 44.3 Å². The number of nitrogens with zero attached hydrogens (tertiary/aromatic N) is 7. The van der Waals surface area contributed by atoms with Crippen molar-refractivity contribution in [3.05, 3.63) is 119 Å². The molecule has 12 nitrogen and oxygen atoms in total. The van der Waals surface area contributed by atoms with Gasteiger partial charge >= 0.3 is 0 Å². The van der Waals surface area contributed by atoms with Gasteiger partial charge in [-0.2, -0.15) is 10.5 Å². The van der Waals surface area contributed by atoms with Crippen molar-refractivity contribution in [1.29, 1.82) is 10.5 Å². The van der Waals surface area contributed by atoms with Crippen LogP contribution in [-0.4, -0.2) is 40.8 Å². The third kappa shape index (κ3) is 6.05. The Bertz CT molecular complexity index is 2630. The van der Waals surface area contributed by atoms with Gasteiger partial charge in [-0.05, 0) is 61.4 Å². The minimum Gasteiger partial charge on any atom is -0.361 e. The number of nitrogens with one attached hydrogen (secondary N) is 4. The highest BCUT2D eigenvalue weighted by Gasteiger charge is 2.18. The number of aromatic amines is 2. The summed E-state index contributed by atoms with van der Waals surface area (Å²) >= 11 is 1.52. The van der Waals surface area contributed by atoms with Crippen LogP contribution in [0, 0.1) is 36.5 Å². The van der Waals surface area contributed by atoms with E-state index < -0.39 is 0 Å². The second-order valence-electron chi connectivity index (χ2n) is 11.6. The molecule has 248 valence electrons. The van der Waals surface area contributed by atoms with Gasteiger partial charge in [-0.25, -0.2) is 9.97 Å². The molecule has 0 aliphatic carbocycles. The molecular weight excluding hydrogens is 659 g/mol. The number of anilines is 4. The molecule has 4 N–H and O–H groups in total. The van der Waals surface area contributed by atoms with E-state index in [4.69, 9.17) is 0 Å². The first-order valence-electron chi connectivity index (χ1n) is 15.7. The molecule has 0 unspecified atom stereocenters. The summed E-state index contributed by atoms with van der Waals surface area (Å²) in [7, 11) is 1.76. The van der Waals surface area contributed by atoms with Gasteiger partial charge in [0.15, 0.2) is 12.1 Å². The molecule has 6 aromatic heterocycles. The van der Waals surface area contributed by atoms with E-state index in [1.807, 2.05) is 55.0 Å². The molecule has 0 radical (unpaired) electrons. The van der Waals surface area contributed by atoms with Gasteiger partial charge in [-0.15, -0.1) is 11.3 Å². The van der Waals surface area contributed by atoms with E-state index in [0.29, 0.717) is 40.2 Å². The Labute approximate surface area is 296 Å². The average Bonchev–Trinajstić information content (AvgIpc) is 3.99. The zero-order valence-corrected chi connectivity index (χ0v) is 28.5. The average molecular weight is 688 g/mol. The zero-order valence-electron chi connectivity index (χ0n) is 27.7. The van der Waals surface area contributed by atoms with Gasteiger partial charge in [-0.3, -0.25) is 14.8 Å². The molecule has 2 aromatic carbocycles. The Hall–Kier alpha value is -7.09. The van der Waals surface area contributed by atoms with Crippen LogP contribution >= 0.6 is 11.3 Å². The largest absolute Gasteiger partial charge is 0.361 e. The van der Waals surface area contributed by atoms with E-state index in [1.54, 1.807) is 41.9 Å². The number of thiazole rings is 1. The lowest BCUT2D eigenvalue weighted by atomic mass is 10.1. The molecule has 8 rings (SSSR count). The fourth-order valence-electron chi connectivity index (χ4n) is 5.99. The van der Waals surface area contributed by atoms with E-state index in [0.717, 1.165) is 61.3 Å². The second-order valence-corrected chi connectivity index (χ2v) is 12.3. The minimum atomic E-state index is 0.309. The summed E-state index contributed by atoms with van der Waals surface area (Å²) in [6.45, 7) is 4.09. The summed E-state index contributed by atoms with van der Waals surface area (Å²) in [5.74, 6) is 0.309. The number of benzene rings is 2. The van der Waals surface area contributed by atoms with Crippen LogP contribution in [0.3, 0.4) is 0 Å². The second kappa shape index (κ2) is 13.8. The fourth-order valence-corrected chi connectivity index (χ4v) is 6.54. The van der Waals surface area contributed by atoms with E-state index in [1.165, 1.54) is 17.5 Å². The van der Waals surface area contributed by atoms with E-state index >= 15 is 0 Å². The lowest BCUT2D eigenvalue weighted by Crippen LogP contribution is -2.03. The third-order valence-corrected chi connectivity index (χ3v) is 9.36. The maximum atomic E-state index is 11.1. The topological polar surface area (TPSA) is 177 Å². The number of pyridine rings is 2. The molecule has 0 aliphatic heterocycles. The standard InChI is InChI=1S/C20H16N6O.C18H13N5S/c1-12-14-5-6-23-17(14)4-3-16(12)25-20-13(7-21)8-22-9-15(20)18-10-24-19(11-27)26(18)2;1-11-13-4-5-21-16(13)3-2-15(11)23-18-12(6-19)7-20-8-14(18)17-9-24-10-22-17/h3-6,8-11,23H,1-2H3,(H,22,25);2-5,7-10,21H,1H3,(H,20,23). The summed E-state index contributed by atoms with van der Waals surface area (Å²) in [5.41, 5.74) is 13.3. The predicted octanol–water partition coefficient (Wildman–Crippen LogP) is 8.31. The molecular formula is C38H29N11OS. The van der Waals surface area contributed by atoms with Gasteiger partial charge < -0.3 is 25.2 Å². The van der Waals surface area contributed by atoms with Crippen molar-refractivity contribution in [2.45, 2.75) is 13.8 Å². The Morgan fingerprint density at radius 2 is 1.33 bits per heavy atom. The number of hydrogen-bond acceptors (Lipinski definition) is 10. The first kappa shape index (κ1) is 32.5. The minimum absolute atomic E-state index is 0.309. The van der Waals surface area contributed by atoms with Gasteiger partial charge in [0.2, 0.25) is 0 Å². The number of aryl methyl sites for hydroxylation is 2. The number of carbonyl (C=O) groups is 1. The van der Waals surface area contributed by atoms with Crippen LogP contribution in [0.15, 0.2) is 90.7 Å². The molecule has 13 heteroatoms. The molecule has 0 spiro atoms. The molecule has 6 heterocycles. The van der Waals surface area contributed by atoms with Crippen LogP contribution in [-0.2, 0) is 7.05 Å². The van der Waals surface area contributed by atoms with E-state index in [9.17, 15) is 15.3 Å². The number of rotatable bonds is 7. The van der Waals surface area contributed by atoms with Gasteiger partial charge in [0, 0.05) is 93.9 Å². The van der Waals surface area contributed by atoms with E-state index in [-0.39, 0.29) is 0 Å². The molecule has 0 saturated carbocycles. The number of carbonyl (C=O) groups excluding carboxylic acids is 1. The smallest absolute Gasteiger partial charge is 0.185 e. The van der Waals surface area contributed by atoms with Crippen molar-refractivity contribution < 1.29 is 4.79 Å². The van der Waals surface area contributed by atoms with Crippen LogP contribution in [0.4, 0.5) is 22.7 Å². The maximum Gasteiger partial charge on any atom is 0.185 e. The van der Waals surface area contributed by atoms with Crippen LogP contribution in [0.2, 0.25) is 0 Å². The first-order valence-corrected chi connectivity index (χ1v) is 16.7. The van der Waals surface area contributed by atoms with Crippen molar-refractivity contribution in [1.82, 2.24) is 34.5 Å². The molecule has 0 fully saturated rings. The Kier molecular flexibility index (Phi) is 8.78. The highest BCUT2D eigenvalue weighted by atomic mass is 32.1. The lowest BCUT2D eigenvalue weighted by molar-refractivity contribution is 0.111. The Morgan fingerprint density at radius 3 is 1.84 bits per heavy atom. The van der Waals surface area contributed by atoms with Crippen LogP contribution < -0.4 is 10.6 Å². The summed E-state index contributed by atoms with van der Waals surface area (Å²) in [6.07, 6.45) is 12.6. The summed E-state index contributed by atoms with van der Waals surface area (Å²) < 4.78 is 1.68. The lowest BCUT2D eigenvalue weighted by Gasteiger charge is -2.16. The third-order valence-electron chi connectivity index (χ3n) is 8.77. The van der Waals surface area contributed by atoms with Gasteiger partial charge in [0.25, 0.3) is 0 Å². The molecule has 0 aliphatic rings. The van der Waals surface area contributed by atoms with Crippen molar-refractivity contribution in [2.75, 3.05) is 10.6 Å². The van der Waals surface area contributed by atoms with Crippen molar-refractivity contribution in [3.63, 3.8) is 0 Å². The molecule has 0 saturated heterocycles. The molecule has 8 aromatic rings. The number of imidazole rings is 1. The summed E-state index contributed by atoms with van der Waals surface area (Å²) in [6, 6.07) is 16.5. The molecule has 51 heavy (non-hydrogen) atoms. The van der Waals surface area contributed by atoms with Gasteiger partial charge in [0.1, 0.15) is 12.1 Å². The number of hydrogen-bond donors (Lipinski definition) is 4. The summed E-state index contributed by atoms with van der Waals surface area (Å²) in [5, 5.41) is 30.1. The van der Waals surface area contributed by atoms with Crippen LogP contribution in [0.5, 0.6) is 0 Å². The number of nitriles is 2. The van der Waals surface area contributed by atoms with Crippen molar-refractivity contribution in [3.8, 4) is 34.7 Å².